The van der Waals surface area contributed by atoms with Crippen molar-refractivity contribution in [3.63, 3.8) is 0 Å². The Balaban J connectivity index is 1.90. The van der Waals surface area contributed by atoms with Gasteiger partial charge in [0.1, 0.15) is 0 Å². The van der Waals surface area contributed by atoms with Crippen molar-refractivity contribution in [3.05, 3.63) is 48.3 Å². The van der Waals surface area contributed by atoms with E-state index < -0.39 is 17.7 Å². The zero-order valence-electron chi connectivity index (χ0n) is 14.2. The first-order chi connectivity index (χ1) is 11.7. The molecule has 2 N–H and O–H groups in total. The van der Waals surface area contributed by atoms with Crippen LogP contribution in [0.3, 0.4) is 0 Å². The molecule has 2 aromatic rings. The molecule has 0 fully saturated rings. The van der Waals surface area contributed by atoms with Crippen LogP contribution in [0.5, 0.6) is 0 Å². The summed E-state index contributed by atoms with van der Waals surface area (Å²) in [4.78, 5) is 24.2. The minimum absolute atomic E-state index is 0.328. The average molecular weight is 328 g/mol. The SMILES string of the molecule is CCCC(NCC)C(=O)C(=O)NCc1ccc(-n2cccn2)cc1. The van der Waals surface area contributed by atoms with E-state index in [4.69, 9.17) is 0 Å². The van der Waals surface area contributed by atoms with Crippen LogP contribution < -0.4 is 10.6 Å². The molecule has 24 heavy (non-hydrogen) atoms. The number of amides is 1. The van der Waals surface area contributed by atoms with E-state index in [0.717, 1.165) is 17.7 Å². The summed E-state index contributed by atoms with van der Waals surface area (Å²) in [6.45, 7) is 4.92. The lowest BCUT2D eigenvalue weighted by atomic mass is 10.1. The standard InChI is InChI=1S/C18H24N4O2/c1-3-6-16(19-4-2)17(23)18(24)20-13-14-7-9-15(10-8-14)22-12-5-11-21-22/h5,7-12,16,19H,3-4,6,13H2,1-2H3,(H,20,24). The Morgan fingerprint density at radius 3 is 2.54 bits per heavy atom. The lowest BCUT2D eigenvalue weighted by molar-refractivity contribution is -0.139. The summed E-state index contributed by atoms with van der Waals surface area (Å²) < 4.78 is 1.76. The second-order valence-corrected chi connectivity index (χ2v) is 5.56. The van der Waals surface area contributed by atoms with Crippen molar-refractivity contribution >= 4 is 11.7 Å². The lowest BCUT2D eigenvalue weighted by Crippen LogP contribution is -2.45. The summed E-state index contributed by atoms with van der Waals surface area (Å²) in [6.07, 6.45) is 5.10. The second kappa shape index (κ2) is 8.98. The van der Waals surface area contributed by atoms with Crippen LogP contribution in [-0.4, -0.2) is 34.1 Å². The number of hydrogen-bond donors (Lipinski definition) is 2. The van der Waals surface area contributed by atoms with Crippen LogP contribution in [0.15, 0.2) is 42.7 Å². The molecule has 0 aliphatic heterocycles. The van der Waals surface area contributed by atoms with E-state index >= 15 is 0 Å². The number of nitrogens with zero attached hydrogens (tertiary/aromatic N) is 2. The molecule has 1 heterocycles. The zero-order chi connectivity index (χ0) is 17.4. The van der Waals surface area contributed by atoms with Crippen LogP contribution in [0.4, 0.5) is 0 Å². The Hall–Kier alpha value is -2.47. The topological polar surface area (TPSA) is 76.0 Å². The number of Topliss-reactive ketones (excluding diaryl/α,β-unsaturated/α-hetero) is 1. The molecule has 0 bridgehead atoms. The third-order valence-electron chi connectivity index (χ3n) is 3.73. The van der Waals surface area contributed by atoms with Gasteiger partial charge < -0.3 is 10.6 Å². The monoisotopic (exact) mass is 328 g/mol. The summed E-state index contributed by atoms with van der Waals surface area (Å²) >= 11 is 0. The summed E-state index contributed by atoms with van der Waals surface area (Å²) in [5.41, 5.74) is 1.88. The summed E-state index contributed by atoms with van der Waals surface area (Å²) in [6, 6.07) is 9.13. The maximum atomic E-state index is 12.2. The van der Waals surface area contributed by atoms with Crippen LogP contribution >= 0.6 is 0 Å². The Kier molecular flexibility index (Phi) is 6.69. The third kappa shape index (κ3) is 4.76. The molecule has 1 atom stereocenters. The summed E-state index contributed by atoms with van der Waals surface area (Å²) in [5.74, 6) is -0.933. The van der Waals surface area contributed by atoms with E-state index in [9.17, 15) is 9.59 Å². The molecular weight excluding hydrogens is 304 g/mol. The minimum atomic E-state index is -0.537. The molecule has 1 aromatic heterocycles. The van der Waals surface area contributed by atoms with Crippen LogP contribution in [0.2, 0.25) is 0 Å². The first-order valence-electron chi connectivity index (χ1n) is 8.30. The number of rotatable bonds is 9. The normalized spacial score (nSPS) is 11.9. The molecule has 0 aliphatic rings. The van der Waals surface area contributed by atoms with Crippen LogP contribution in [0.1, 0.15) is 32.3 Å². The minimum Gasteiger partial charge on any atom is -0.345 e. The zero-order valence-corrected chi connectivity index (χ0v) is 14.2. The highest BCUT2D eigenvalue weighted by atomic mass is 16.2. The Morgan fingerprint density at radius 2 is 1.96 bits per heavy atom. The van der Waals surface area contributed by atoms with Gasteiger partial charge in [0.15, 0.2) is 0 Å². The van der Waals surface area contributed by atoms with Gasteiger partial charge in [-0.1, -0.05) is 32.4 Å². The van der Waals surface area contributed by atoms with Crippen molar-refractivity contribution < 1.29 is 9.59 Å². The molecule has 0 saturated carbocycles. The fourth-order valence-corrected chi connectivity index (χ4v) is 2.48. The molecule has 0 saturated heterocycles. The van der Waals surface area contributed by atoms with Crippen molar-refractivity contribution in [2.24, 2.45) is 0 Å². The van der Waals surface area contributed by atoms with Gasteiger partial charge in [0, 0.05) is 18.9 Å². The van der Waals surface area contributed by atoms with Crippen molar-refractivity contribution in [2.75, 3.05) is 6.54 Å². The van der Waals surface area contributed by atoms with Gasteiger partial charge in [0.05, 0.1) is 11.7 Å². The third-order valence-corrected chi connectivity index (χ3v) is 3.73. The van der Waals surface area contributed by atoms with Gasteiger partial charge in [-0.15, -0.1) is 0 Å². The smallest absolute Gasteiger partial charge is 0.289 e. The van der Waals surface area contributed by atoms with Crippen LogP contribution in [0.25, 0.3) is 5.69 Å². The van der Waals surface area contributed by atoms with E-state index in [1.807, 2.05) is 50.4 Å². The van der Waals surface area contributed by atoms with E-state index in [1.54, 1.807) is 10.9 Å². The lowest BCUT2D eigenvalue weighted by Gasteiger charge is -2.15. The molecule has 128 valence electrons. The fourth-order valence-electron chi connectivity index (χ4n) is 2.48. The van der Waals surface area contributed by atoms with Crippen molar-refractivity contribution in [3.8, 4) is 5.69 Å². The fraction of sp³-hybridized carbons (Fsp3) is 0.389. The average Bonchev–Trinajstić information content (AvgIpc) is 3.14. The van der Waals surface area contributed by atoms with Crippen molar-refractivity contribution in [1.82, 2.24) is 20.4 Å². The van der Waals surface area contributed by atoms with E-state index in [-0.39, 0.29) is 0 Å². The summed E-state index contributed by atoms with van der Waals surface area (Å²) in [7, 11) is 0. The Morgan fingerprint density at radius 1 is 1.21 bits per heavy atom. The summed E-state index contributed by atoms with van der Waals surface area (Å²) in [5, 5.41) is 9.93. The first-order valence-corrected chi connectivity index (χ1v) is 8.30. The Bertz CT molecular complexity index is 644. The predicted molar refractivity (Wildman–Crippen MR) is 92.8 cm³/mol. The second-order valence-electron chi connectivity index (χ2n) is 5.56. The van der Waals surface area contributed by atoms with Crippen LogP contribution in [0, 0.1) is 0 Å². The van der Waals surface area contributed by atoms with Crippen LogP contribution in [-0.2, 0) is 16.1 Å². The molecule has 0 radical (unpaired) electrons. The number of likely N-dealkylation sites (N-methyl/N-ethyl adjacent to an activating group) is 1. The van der Waals surface area contributed by atoms with Gasteiger partial charge in [-0.25, -0.2) is 4.68 Å². The molecule has 0 aliphatic carbocycles. The molecule has 6 nitrogen and oxygen atoms in total. The van der Waals surface area contributed by atoms with Crippen molar-refractivity contribution in [1.29, 1.82) is 0 Å². The predicted octanol–water partition coefficient (Wildman–Crippen LogP) is 1.84. The number of carbonyl (C=O) groups is 2. The Labute approximate surface area is 142 Å². The first kappa shape index (κ1) is 17.9. The molecule has 0 spiro atoms. The molecule has 1 unspecified atom stereocenters. The van der Waals surface area contributed by atoms with Gasteiger partial charge in [0.2, 0.25) is 5.78 Å². The van der Waals surface area contributed by atoms with Gasteiger partial charge in [0.25, 0.3) is 5.91 Å². The van der Waals surface area contributed by atoms with Crippen molar-refractivity contribution in [2.45, 2.75) is 39.3 Å². The number of ketones is 1. The van der Waals surface area contributed by atoms with Gasteiger partial charge in [-0.3, -0.25) is 9.59 Å². The maximum Gasteiger partial charge on any atom is 0.289 e. The molecule has 2 rings (SSSR count). The molecule has 1 amide bonds. The molecule has 1 aromatic carbocycles. The quantitative estimate of drug-likeness (QED) is 0.689. The molecular formula is C18H24N4O2. The highest BCUT2D eigenvalue weighted by Crippen LogP contribution is 2.08. The number of nitrogens with one attached hydrogen (secondary N) is 2. The van der Waals surface area contributed by atoms with Gasteiger partial charge >= 0.3 is 0 Å². The number of benzene rings is 1. The highest BCUT2D eigenvalue weighted by Gasteiger charge is 2.23. The van der Waals surface area contributed by atoms with E-state index in [2.05, 4.69) is 15.7 Å². The van der Waals surface area contributed by atoms with E-state index in [1.165, 1.54) is 0 Å². The van der Waals surface area contributed by atoms with Gasteiger partial charge in [-0.2, -0.15) is 5.10 Å². The largest absolute Gasteiger partial charge is 0.345 e. The van der Waals surface area contributed by atoms with Gasteiger partial charge in [-0.05, 0) is 36.7 Å². The molecule has 6 heteroatoms. The number of aromatic nitrogens is 2. The number of hydrogen-bond acceptors (Lipinski definition) is 4. The maximum absolute atomic E-state index is 12.2. The number of carbonyl (C=O) groups excluding carboxylic acids is 2. The highest BCUT2D eigenvalue weighted by molar-refractivity contribution is 6.38. The van der Waals surface area contributed by atoms with E-state index in [0.29, 0.717) is 19.5 Å².